The lowest BCUT2D eigenvalue weighted by molar-refractivity contribution is 0.331. The first-order valence-corrected chi connectivity index (χ1v) is 7.80. The van der Waals surface area contributed by atoms with Crippen LogP contribution in [0.2, 0.25) is 0 Å². The third kappa shape index (κ3) is 3.96. The molecule has 4 nitrogen and oxygen atoms in total. The molecule has 0 aliphatic carbocycles. The van der Waals surface area contributed by atoms with Gasteiger partial charge in [-0.15, -0.1) is 13.2 Å². The predicted molar refractivity (Wildman–Crippen MR) is 92.6 cm³/mol. The van der Waals surface area contributed by atoms with Gasteiger partial charge in [0.2, 0.25) is 0 Å². The van der Waals surface area contributed by atoms with Gasteiger partial charge in [0.1, 0.15) is 5.75 Å². The van der Waals surface area contributed by atoms with E-state index >= 15 is 0 Å². The van der Waals surface area contributed by atoms with Crippen LogP contribution < -0.4 is 9.61 Å². The molecule has 0 aliphatic rings. The highest BCUT2D eigenvalue weighted by atomic mass is 32.1. The molecular formula is C17H20N2O2S. The lowest BCUT2D eigenvalue weighted by atomic mass is 10.1. The Morgan fingerprint density at radius 2 is 1.86 bits per heavy atom. The summed E-state index contributed by atoms with van der Waals surface area (Å²) in [7, 11) is 1.63. The molecule has 0 fully saturated rings. The highest BCUT2D eigenvalue weighted by molar-refractivity contribution is 7.09. The summed E-state index contributed by atoms with van der Waals surface area (Å²) in [6, 6.07) is 7.68. The zero-order chi connectivity index (χ0) is 15.9. The van der Waals surface area contributed by atoms with Crippen molar-refractivity contribution in [1.29, 1.82) is 0 Å². The van der Waals surface area contributed by atoms with Gasteiger partial charge in [-0.2, -0.15) is 0 Å². The molecule has 1 heterocycles. The third-order valence-electron chi connectivity index (χ3n) is 3.24. The minimum absolute atomic E-state index is 0.0435. The molecule has 0 aliphatic heterocycles. The van der Waals surface area contributed by atoms with E-state index in [0.29, 0.717) is 6.54 Å². The lowest BCUT2D eigenvalue weighted by Gasteiger charge is -2.18. The van der Waals surface area contributed by atoms with Gasteiger partial charge >= 0.3 is 4.87 Å². The number of aromatic nitrogens is 1. The van der Waals surface area contributed by atoms with Crippen LogP contribution >= 0.6 is 11.3 Å². The Hall–Kier alpha value is -2.11. The van der Waals surface area contributed by atoms with Gasteiger partial charge in [-0.05, 0) is 29.8 Å². The SMILES string of the molecule is C=CCN(CC=C)Cc1sc(=O)[nH]c1-c1ccc(OC)cc1. The fourth-order valence-electron chi connectivity index (χ4n) is 2.23. The van der Waals surface area contributed by atoms with Crippen molar-refractivity contribution < 1.29 is 4.74 Å². The van der Waals surface area contributed by atoms with Crippen LogP contribution in [0.3, 0.4) is 0 Å². The van der Waals surface area contributed by atoms with Crippen molar-refractivity contribution in [3.05, 3.63) is 64.1 Å². The predicted octanol–water partition coefficient (Wildman–Crippen LogP) is 3.29. The number of nitrogens with zero attached hydrogens (tertiary/aromatic N) is 1. The second kappa shape index (κ2) is 7.77. The van der Waals surface area contributed by atoms with Crippen LogP contribution in [0, 0.1) is 0 Å². The number of aromatic amines is 1. The Kier molecular flexibility index (Phi) is 5.75. The van der Waals surface area contributed by atoms with E-state index in [0.717, 1.165) is 35.0 Å². The summed E-state index contributed by atoms with van der Waals surface area (Å²) in [5, 5.41) is 0. The molecule has 5 heteroatoms. The monoisotopic (exact) mass is 316 g/mol. The zero-order valence-corrected chi connectivity index (χ0v) is 13.5. The molecular weight excluding hydrogens is 296 g/mol. The number of hydrogen-bond acceptors (Lipinski definition) is 4. The van der Waals surface area contributed by atoms with Gasteiger partial charge in [0.15, 0.2) is 0 Å². The Labute approximate surface area is 134 Å². The Morgan fingerprint density at radius 1 is 1.23 bits per heavy atom. The zero-order valence-electron chi connectivity index (χ0n) is 12.7. The first-order valence-electron chi connectivity index (χ1n) is 6.98. The van der Waals surface area contributed by atoms with Crippen LogP contribution in [0.15, 0.2) is 54.4 Å². The van der Waals surface area contributed by atoms with Crippen LogP contribution in [0.1, 0.15) is 4.88 Å². The molecule has 0 radical (unpaired) electrons. The molecule has 0 spiro atoms. The Morgan fingerprint density at radius 3 is 2.41 bits per heavy atom. The van der Waals surface area contributed by atoms with E-state index in [1.165, 1.54) is 11.3 Å². The molecule has 0 bridgehead atoms. The number of rotatable bonds is 8. The van der Waals surface area contributed by atoms with E-state index in [2.05, 4.69) is 23.0 Å². The molecule has 0 saturated carbocycles. The molecule has 1 aromatic carbocycles. The van der Waals surface area contributed by atoms with E-state index in [-0.39, 0.29) is 4.87 Å². The highest BCUT2D eigenvalue weighted by Crippen LogP contribution is 2.26. The van der Waals surface area contributed by atoms with Crippen molar-refractivity contribution in [2.45, 2.75) is 6.54 Å². The standard InChI is InChI=1S/C17H20N2O2S/c1-4-10-19(11-5-2)12-15-16(18-17(20)22-15)13-6-8-14(21-3)9-7-13/h4-9H,1-2,10-12H2,3H3,(H,18,20). The van der Waals surface area contributed by atoms with E-state index in [1.54, 1.807) is 7.11 Å². The van der Waals surface area contributed by atoms with Gasteiger partial charge in [0.25, 0.3) is 0 Å². The smallest absolute Gasteiger partial charge is 0.305 e. The van der Waals surface area contributed by atoms with Gasteiger partial charge in [-0.1, -0.05) is 23.5 Å². The number of benzene rings is 1. The minimum atomic E-state index is -0.0435. The van der Waals surface area contributed by atoms with Gasteiger partial charge in [0, 0.05) is 24.5 Å². The summed E-state index contributed by atoms with van der Waals surface area (Å²) in [6.45, 7) is 9.73. The average molecular weight is 316 g/mol. The number of hydrogen-bond donors (Lipinski definition) is 1. The maximum atomic E-state index is 11.8. The van der Waals surface area contributed by atoms with Crippen molar-refractivity contribution in [3.63, 3.8) is 0 Å². The first-order chi connectivity index (χ1) is 10.7. The van der Waals surface area contributed by atoms with Crippen LogP contribution in [0.4, 0.5) is 0 Å². The number of H-pyrrole nitrogens is 1. The Balaban J connectivity index is 2.30. The number of ether oxygens (including phenoxy) is 1. The van der Waals surface area contributed by atoms with E-state index < -0.39 is 0 Å². The maximum absolute atomic E-state index is 11.8. The van der Waals surface area contributed by atoms with E-state index in [9.17, 15) is 4.79 Å². The normalized spacial score (nSPS) is 10.6. The Bertz CT molecular complexity index is 675. The van der Waals surface area contributed by atoms with E-state index in [1.807, 2.05) is 36.4 Å². The average Bonchev–Trinajstić information content (AvgIpc) is 2.88. The van der Waals surface area contributed by atoms with Gasteiger partial charge < -0.3 is 9.72 Å². The van der Waals surface area contributed by atoms with Gasteiger partial charge in [-0.3, -0.25) is 9.69 Å². The number of nitrogens with one attached hydrogen (secondary N) is 1. The molecule has 0 unspecified atom stereocenters. The molecule has 0 atom stereocenters. The van der Waals surface area contributed by atoms with Crippen molar-refractivity contribution >= 4 is 11.3 Å². The van der Waals surface area contributed by atoms with Crippen molar-refractivity contribution in [2.24, 2.45) is 0 Å². The lowest BCUT2D eigenvalue weighted by Crippen LogP contribution is -2.23. The van der Waals surface area contributed by atoms with Crippen molar-refractivity contribution in [2.75, 3.05) is 20.2 Å². The second-order valence-corrected chi connectivity index (χ2v) is 5.88. The largest absolute Gasteiger partial charge is 0.497 e. The fourth-order valence-corrected chi connectivity index (χ4v) is 3.13. The molecule has 22 heavy (non-hydrogen) atoms. The summed E-state index contributed by atoms with van der Waals surface area (Å²) >= 11 is 1.25. The second-order valence-electron chi connectivity index (χ2n) is 4.81. The fraction of sp³-hybridized carbons (Fsp3) is 0.235. The minimum Gasteiger partial charge on any atom is -0.497 e. The van der Waals surface area contributed by atoms with Gasteiger partial charge in [-0.25, -0.2) is 0 Å². The summed E-state index contributed by atoms with van der Waals surface area (Å²) in [4.78, 5) is 17.9. The van der Waals surface area contributed by atoms with Crippen molar-refractivity contribution in [3.8, 4) is 17.0 Å². The van der Waals surface area contributed by atoms with Crippen LogP contribution in [-0.4, -0.2) is 30.1 Å². The third-order valence-corrected chi connectivity index (χ3v) is 4.11. The first kappa shape index (κ1) is 16.3. The van der Waals surface area contributed by atoms with Gasteiger partial charge in [0.05, 0.1) is 12.8 Å². The number of methoxy groups -OCH3 is 1. The molecule has 116 valence electrons. The molecule has 0 saturated heterocycles. The summed E-state index contributed by atoms with van der Waals surface area (Å²) in [5.41, 5.74) is 1.85. The molecule has 1 aromatic heterocycles. The maximum Gasteiger partial charge on any atom is 0.305 e. The summed E-state index contributed by atoms with van der Waals surface area (Å²) in [5.74, 6) is 0.794. The molecule has 2 aromatic rings. The highest BCUT2D eigenvalue weighted by Gasteiger charge is 2.13. The van der Waals surface area contributed by atoms with Crippen LogP contribution in [0.25, 0.3) is 11.3 Å². The van der Waals surface area contributed by atoms with Crippen LogP contribution in [0.5, 0.6) is 5.75 Å². The topological polar surface area (TPSA) is 45.3 Å². The molecule has 1 N–H and O–H groups in total. The summed E-state index contributed by atoms with van der Waals surface area (Å²) in [6.07, 6.45) is 3.71. The van der Waals surface area contributed by atoms with Crippen molar-refractivity contribution in [1.82, 2.24) is 9.88 Å². The number of thiazole rings is 1. The quantitative estimate of drug-likeness (QED) is 0.760. The summed E-state index contributed by atoms with van der Waals surface area (Å²) < 4.78 is 5.17. The molecule has 0 amide bonds. The van der Waals surface area contributed by atoms with Crippen LogP contribution in [-0.2, 0) is 6.54 Å². The molecule has 2 rings (SSSR count). The van der Waals surface area contributed by atoms with E-state index in [4.69, 9.17) is 4.74 Å².